The number of carbonyl (C=O) groups is 3. The van der Waals surface area contributed by atoms with E-state index in [0.717, 1.165) is 11.5 Å². The lowest BCUT2D eigenvalue weighted by molar-refractivity contribution is -0.124. The number of thioether (sulfide) groups is 1. The summed E-state index contributed by atoms with van der Waals surface area (Å²) in [7, 11) is 0. The zero-order valence-corrected chi connectivity index (χ0v) is 17.7. The highest BCUT2D eigenvalue weighted by Crippen LogP contribution is 2.19. The van der Waals surface area contributed by atoms with Crippen LogP contribution in [0.5, 0.6) is 0 Å². The molecule has 0 fully saturated rings. The third-order valence-corrected chi connectivity index (χ3v) is 5.17. The van der Waals surface area contributed by atoms with Gasteiger partial charge in [-0.3, -0.25) is 4.79 Å². The standard InChI is InChI=1S/C21H26N2O5S/c1-4-27-20(25)18-14(2)19(23-15(18)3)21(26)28-12-17(24)22-10-11-29-13-16-8-6-5-7-9-16/h5-9,23H,4,10-13H2,1-3H3,(H,22,24). The van der Waals surface area contributed by atoms with Gasteiger partial charge in [-0.15, -0.1) is 0 Å². The molecule has 1 amide bonds. The van der Waals surface area contributed by atoms with Crippen molar-refractivity contribution in [2.24, 2.45) is 0 Å². The van der Waals surface area contributed by atoms with Gasteiger partial charge in [-0.1, -0.05) is 30.3 Å². The van der Waals surface area contributed by atoms with Crippen LogP contribution in [0.15, 0.2) is 30.3 Å². The molecular formula is C21H26N2O5S. The molecule has 1 aromatic heterocycles. The normalized spacial score (nSPS) is 10.4. The number of aryl methyl sites for hydroxylation is 1. The fourth-order valence-corrected chi connectivity index (χ4v) is 3.56. The Morgan fingerprint density at radius 2 is 1.79 bits per heavy atom. The molecule has 2 aromatic rings. The molecule has 0 unspecified atom stereocenters. The summed E-state index contributed by atoms with van der Waals surface area (Å²) in [5, 5.41) is 2.72. The maximum absolute atomic E-state index is 12.3. The van der Waals surface area contributed by atoms with Crippen LogP contribution in [0.2, 0.25) is 0 Å². The van der Waals surface area contributed by atoms with E-state index < -0.39 is 11.9 Å². The first-order chi connectivity index (χ1) is 13.9. The van der Waals surface area contributed by atoms with Crippen LogP contribution >= 0.6 is 11.8 Å². The Hall–Kier alpha value is -2.74. The van der Waals surface area contributed by atoms with Crippen molar-refractivity contribution in [2.75, 3.05) is 25.5 Å². The van der Waals surface area contributed by atoms with E-state index in [4.69, 9.17) is 9.47 Å². The molecule has 1 heterocycles. The predicted octanol–water partition coefficient (Wildman–Crippen LogP) is 3.01. The number of nitrogens with one attached hydrogen (secondary N) is 2. The molecule has 0 saturated carbocycles. The van der Waals surface area contributed by atoms with Crippen molar-refractivity contribution < 1.29 is 23.9 Å². The number of amides is 1. The first kappa shape index (κ1) is 22.5. The van der Waals surface area contributed by atoms with Crippen LogP contribution in [0.3, 0.4) is 0 Å². The summed E-state index contributed by atoms with van der Waals surface area (Å²) in [6.45, 7) is 5.37. The first-order valence-corrected chi connectivity index (χ1v) is 10.5. The van der Waals surface area contributed by atoms with Gasteiger partial charge in [-0.2, -0.15) is 11.8 Å². The number of H-pyrrole nitrogens is 1. The van der Waals surface area contributed by atoms with E-state index in [9.17, 15) is 14.4 Å². The minimum Gasteiger partial charge on any atom is -0.462 e. The zero-order chi connectivity index (χ0) is 21.2. The third kappa shape index (κ3) is 6.67. The Kier molecular flexibility index (Phi) is 8.79. The van der Waals surface area contributed by atoms with Crippen LogP contribution in [0.25, 0.3) is 0 Å². The maximum Gasteiger partial charge on any atom is 0.355 e. The number of carbonyl (C=O) groups excluding carboxylic acids is 3. The zero-order valence-electron chi connectivity index (χ0n) is 16.9. The quantitative estimate of drug-likeness (QED) is 0.455. The number of benzene rings is 1. The number of aromatic amines is 1. The maximum atomic E-state index is 12.3. The molecule has 156 valence electrons. The highest BCUT2D eigenvalue weighted by molar-refractivity contribution is 7.98. The number of aromatic nitrogens is 1. The molecule has 0 aliphatic rings. The van der Waals surface area contributed by atoms with Crippen molar-refractivity contribution in [3.05, 3.63) is 58.4 Å². The van der Waals surface area contributed by atoms with Gasteiger partial charge in [-0.05, 0) is 31.9 Å². The van der Waals surface area contributed by atoms with Crippen LogP contribution in [-0.2, 0) is 20.0 Å². The summed E-state index contributed by atoms with van der Waals surface area (Å²) in [5.74, 6) is 0.0790. The van der Waals surface area contributed by atoms with Gasteiger partial charge in [0.2, 0.25) is 0 Å². The number of ether oxygens (including phenoxy) is 2. The predicted molar refractivity (Wildman–Crippen MR) is 112 cm³/mol. The van der Waals surface area contributed by atoms with Crippen molar-refractivity contribution in [1.82, 2.24) is 10.3 Å². The van der Waals surface area contributed by atoms with E-state index in [2.05, 4.69) is 22.4 Å². The van der Waals surface area contributed by atoms with Gasteiger partial charge in [0.15, 0.2) is 6.61 Å². The van der Waals surface area contributed by atoms with E-state index >= 15 is 0 Å². The fraction of sp³-hybridized carbons (Fsp3) is 0.381. The summed E-state index contributed by atoms with van der Waals surface area (Å²) in [5.41, 5.74) is 2.67. The highest BCUT2D eigenvalue weighted by Gasteiger charge is 2.24. The molecule has 2 N–H and O–H groups in total. The fourth-order valence-electron chi connectivity index (χ4n) is 2.74. The molecule has 0 aliphatic heterocycles. The summed E-state index contributed by atoms with van der Waals surface area (Å²) >= 11 is 1.71. The largest absolute Gasteiger partial charge is 0.462 e. The topological polar surface area (TPSA) is 97.5 Å². The van der Waals surface area contributed by atoms with E-state index in [1.807, 2.05) is 18.2 Å². The van der Waals surface area contributed by atoms with E-state index in [0.29, 0.717) is 23.4 Å². The Balaban J connectivity index is 1.74. The molecule has 7 nitrogen and oxygen atoms in total. The molecule has 0 saturated heterocycles. The average Bonchev–Trinajstić information content (AvgIpc) is 3.01. The van der Waals surface area contributed by atoms with Gasteiger partial charge in [-0.25, -0.2) is 9.59 Å². The molecule has 0 radical (unpaired) electrons. The summed E-state index contributed by atoms with van der Waals surface area (Å²) in [6.07, 6.45) is 0. The molecule has 0 spiro atoms. The molecule has 1 aromatic carbocycles. The van der Waals surface area contributed by atoms with E-state index in [1.165, 1.54) is 5.56 Å². The monoisotopic (exact) mass is 418 g/mol. The van der Waals surface area contributed by atoms with Gasteiger partial charge >= 0.3 is 11.9 Å². The van der Waals surface area contributed by atoms with Crippen molar-refractivity contribution >= 4 is 29.6 Å². The van der Waals surface area contributed by atoms with Crippen molar-refractivity contribution in [2.45, 2.75) is 26.5 Å². The van der Waals surface area contributed by atoms with Crippen LogP contribution in [-0.4, -0.2) is 48.3 Å². The molecule has 0 bridgehead atoms. The van der Waals surface area contributed by atoms with Crippen LogP contribution < -0.4 is 5.32 Å². The third-order valence-electron chi connectivity index (χ3n) is 4.14. The summed E-state index contributed by atoms with van der Waals surface area (Å²) in [6, 6.07) is 10.1. The SMILES string of the molecule is CCOC(=O)c1c(C)[nH]c(C(=O)OCC(=O)NCCSCc2ccccc2)c1C. The Bertz CT molecular complexity index is 848. The molecule has 0 atom stereocenters. The first-order valence-electron chi connectivity index (χ1n) is 9.35. The molecule has 2 rings (SSSR count). The number of esters is 2. The molecular weight excluding hydrogens is 392 g/mol. The second kappa shape index (κ2) is 11.3. The van der Waals surface area contributed by atoms with Crippen molar-refractivity contribution in [3.8, 4) is 0 Å². The molecule has 29 heavy (non-hydrogen) atoms. The number of rotatable bonds is 10. The summed E-state index contributed by atoms with van der Waals surface area (Å²) < 4.78 is 10.1. The summed E-state index contributed by atoms with van der Waals surface area (Å²) in [4.78, 5) is 39.0. The minimum atomic E-state index is -0.685. The Morgan fingerprint density at radius 3 is 2.48 bits per heavy atom. The van der Waals surface area contributed by atoms with E-state index in [1.54, 1.807) is 32.5 Å². The van der Waals surface area contributed by atoms with Crippen LogP contribution in [0.1, 0.15) is 44.6 Å². The molecule has 0 aliphatic carbocycles. The Morgan fingerprint density at radius 1 is 1.07 bits per heavy atom. The van der Waals surface area contributed by atoms with Crippen molar-refractivity contribution in [3.63, 3.8) is 0 Å². The van der Waals surface area contributed by atoms with Gasteiger partial charge in [0.05, 0.1) is 12.2 Å². The number of hydrogen-bond donors (Lipinski definition) is 2. The number of hydrogen-bond acceptors (Lipinski definition) is 6. The highest BCUT2D eigenvalue weighted by atomic mass is 32.2. The smallest absolute Gasteiger partial charge is 0.355 e. The second-order valence-electron chi connectivity index (χ2n) is 6.31. The van der Waals surface area contributed by atoms with E-state index in [-0.39, 0.29) is 24.8 Å². The van der Waals surface area contributed by atoms with Gasteiger partial charge < -0.3 is 19.8 Å². The van der Waals surface area contributed by atoms with Gasteiger partial charge in [0.1, 0.15) is 5.69 Å². The second-order valence-corrected chi connectivity index (χ2v) is 7.41. The lowest BCUT2D eigenvalue weighted by atomic mass is 10.1. The Labute approximate surface area is 174 Å². The van der Waals surface area contributed by atoms with Gasteiger partial charge in [0.25, 0.3) is 5.91 Å². The lowest BCUT2D eigenvalue weighted by Gasteiger charge is -2.07. The lowest BCUT2D eigenvalue weighted by Crippen LogP contribution is -2.30. The minimum absolute atomic E-state index is 0.150. The van der Waals surface area contributed by atoms with Crippen LogP contribution in [0.4, 0.5) is 0 Å². The van der Waals surface area contributed by atoms with Crippen LogP contribution in [0, 0.1) is 13.8 Å². The van der Waals surface area contributed by atoms with Crippen molar-refractivity contribution in [1.29, 1.82) is 0 Å². The average molecular weight is 419 g/mol. The molecule has 8 heteroatoms. The van der Waals surface area contributed by atoms with Gasteiger partial charge in [0, 0.05) is 23.7 Å².